The van der Waals surface area contributed by atoms with Crippen LogP contribution in [0.2, 0.25) is 10.0 Å². The second kappa shape index (κ2) is 7.49. The maximum Gasteiger partial charge on any atom is 0.0820 e. The summed E-state index contributed by atoms with van der Waals surface area (Å²) in [6, 6.07) is 5.57. The van der Waals surface area contributed by atoms with Gasteiger partial charge >= 0.3 is 0 Å². The molecule has 19 heavy (non-hydrogen) atoms. The molecule has 1 N–H and O–H groups in total. The van der Waals surface area contributed by atoms with Gasteiger partial charge in [0, 0.05) is 16.7 Å². The highest BCUT2D eigenvalue weighted by Gasteiger charge is 2.32. The van der Waals surface area contributed by atoms with E-state index in [4.69, 9.17) is 27.9 Å². The molecule has 0 saturated heterocycles. The van der Waals surface area contributed by atoms with Gasteiger partial charge in [0.2, 0.25) is 0 Å². The fourth-order valence-electron chi connectivity index (χ4n) is 2.21. The minimum absolute atomic E-state index is 0.0126. The standard InChI is InChI=1S/C15H23Cl2NO/c1-5-9-18-14(15(3,4)19-6-2)12-10-11(16)7-8-13(12)17/h7-8,10,14,18H,5-6,9H2,1-4H3. The van der Waals surface area contributed by atoms with Gasteiger partial charge in [-0.2, -0.15) is 0 Å². The summed E-state index contributed by atoms with van der Waals surface area (Å²) in [4.78, 5) is 0. The fraction of sp³-hybridized carbons (Fsp3) is 0.600. The van der Waals surface area contributed by atoms with E-state index in [0.29, 0.717) is 16.7 Å². The molecule has 0 aliphatic rings. The second-order valence-electron chi connectivity index (χ2n) is 5.09. The van der Waals surface area contributed by atoms with Crippen molar-refractivity contribution in [2.75, 3.05) is 13.2 Å². The van der Waals surface area contributed by atoms with Gasteiger partial charge in [-0.15, -0.1) is 0 Å². The molecule has 0 aromatic heterocycles. The Morgan fingerprint density at radius 2 is 1.95 bits per heavy atom. The Morgan fingerprint density at radius 3 is 2.53 bits per heavy atom. The minimum Gasteiger partial charge on any atom is -0.374 e. The van der Waals surface area contributed by atoms with Crippen molar-refractivity contribution in [2.24, 2.45) is 0 Å². The lowest BCUT2D eigenvalue weighted by Gasteiger charge is -2.35. The predicted molar refractivity (Wildman–Crippen MR) is 83.2 cm³/mol. The first kappa shape index (κ1) is 16.8. The average molecular weight is 304 g/mol. The number of hydrogen-bond donors (Lipinski definition) is 1. The normalized spacial score (nSPS) is 13.6. The van der Waals surface area contributed by atoms with Crippen LogP contribution in [0, 0.1) is 0 Å². The Hall–Kier alpha value is -0.280. The molecule has 0 bridgehead atoms. The van der Waals surface area contributed by atoms with E-state index in [0.717, 1.165) is 18.5 Å². The summed E-state index contributed by atoms with van der Waals surface area (Å²) < 4.78 is 5.87. The smallest absolute Gasteiger partial charge is 0.0820 e. The summed E-state index contributed by atoms with van der Waals surface area (Å²) in [5.41, 5.74) is 0.638. The van der Waals surface area contributed by atoms with Gasteiger partial charge in [0.15, 0.2) is 0 Å². The van der Waals surface area contributed by atoms with Crippen LogP contribution in [-0.2, 0) is 4.74 Å². The molecule has 1 aromatic rings. The SMILES string of the molecule is CCCNC(c1cc(Cl)ccc1Cl)C(C)(C)OCC. The van der Waals surface area contributed by atoms with Crippen LogP contribution in [0.3, 0.4) is 0 Å². The summed E-state index contributed by atoms with van der Waals surface area (Å²) in [6.45, 7) is 9.84. The Bertz CT molecular complexity index is 407. The van der Waals surface area contributed by atoms with Gasteiger partial charge in [0.05, 0.1) is 11.6 Å². The molecule has 0 aliphatic carbocycles. The monoisotopic (exact) mass is 303 g/mol. The van der Waals surface area contributed by atoms with Crippen LogP contribution >= 0.6 is 23.2 Å². The zero-order valence-corrected chi connectivity index (χ0v) is 13.6. The summed E-state index contributed by atoms with van der Waals surface area (Å²) in [6.07, 6.45) is 1.05. The minimum atomic E-state index is -0.349. The van der Waals surface area contributed by atoms with E-state index < -0.39 is 0 Å². The first-order valence-electron chi connectivity index (χ1n) is 6.74. The molecule has 1 atom stereocenters. The Labute approximate surface area is 126 Å². The number of benzene rings is 1. The van der Waals surface area contributed by atoms with Gasteiger partial charge in [0.1, 0.15) is 0 Å². The van der Waals surface area contributed by atoms with Crippen LogP contribution in [0.5, 0.6) is 0 Å². The number of hydrogen-bond acceptors (Lipinski definition) is 2. The van der Waals surface area contributed by atoms with Crippen LogP contribution < -0.4 is 5.32 Å². The Kier molecular flexibility index (Phi) is 6.61. The molecule has 1 unspecified atom stereocenters. The maximum absolute atomic E-state index is 6.32. The lowest BCUT2D eigenvalue weighted by Crippen LogP contribution is -2.42. The van der Waals surface area contributed by atoms with E-state index >= 15 is 0 Å². The highest BCUT2D eigenvalue weighted by atomic mass is 35.5. The van der Waals surface area contributed by atoms with Crippen LogP contribution in [0.4, 0.5) is 0 Å². The quantitative estimate of drug-likeness (QED) is 0.777. The molecular weight excluding hydrogens is 281 g/mol. The summed E-state index contributed by atoms with van der Waals surface area (Å²) in [5, 5.41) is 4.91. The number of ether oxygens (including phenoxy) is 1. The van der Waals surface area contributed by atoms with E-state index in [1.165, 1.54) is 0 Å². The van der Waals surface area contributed by atoms with E-state index in [1.807, 2.05) is 19.1 Å². The fourth-order valence-corrected chi connectivity index (χ4v) is 2.62. The molecule has 0 radical (unpaired) electrons. The summed E-state index contributed by atoms with van der Waals surface area (Å²) in [5.74, 6) is 0. The third-order valence-electron chi connectivity index (χ3n) is 3.08. The Morgan fingerprint density at radius 1 is 1.26 bits per heavy atom. The topological polar surface area (TPSA) is 21.3 Å². The van der Waals surface area contributed by atoms with Crippen LogP contribution in [0.15, 0.2) is 18.2 Å². The highest BCUT2D eigenvalue weighted by Crippen LogP contribution is 2.34. The van der Waals surface area contributed by atoms with Crippen molar-refractivity contribution in [2.45, 2.75) is 45.8 Å². The molecule has 0 fully saturated rings. The van der Waals surface area contributed by atoms with Crippen molar-refractivity contribution in [3.8, 4) is 0 Å². The number of rotatable bonds is 7. The van der Waals surface area contributed by atoms with E-state index in [9.17, 15) is 0 Å². The molecule has 4 heteroatoms. The zero-order valence-electron chi connectivity index (χ0n) is 12.1. The first-order valence-corrected chi connectivity index (χ1v) is 7.50. The van der Waals surface area contributed by atoms with Crippen molar-refractivity contribution >= 4 is 23.2 Å². The van der Waals surface area contributed by atoms with Crippen molar-refractivity contribution in [1.29, 1.82) is 0 Å². The summed E-state index contributed by atoms with van der Waals surface area (Å²) >= 11 is 12.4. The van der Waals surface area contributed by atoms with E-state index in [1.54, 1.807) is 6.07 Å². The second-order valence-corrected chi connectivity index (χ2v) is 5.93. The lowest BCUT2D eigenvalue weighted by molar-refractivity contribution is -0.0391. The molecule has 1 aromatic carbocycles. The van der Waals surface area contributed by atoms with Gasteiger partial charge in [-0.25, -0.2) is 0 Å². The third-order valence-corrected chi connectivity index (χ3v) is 3.66. The van der Waals surface area contributed by atoms with Gasteiger partial charge in [-0.3, -0.25) is 0 Å². The predicted octanol–water partition coefficient (Wildman–Crippen LogP) is 4.85. The molecule has 2 nitrogen and oxygen atoms in total. The van der Waals surface area contributed by atoms with Gasteiger partial charge in [-0.1, -0.05) is 30.1 Å². The van der Waals surface area contributed by atoms with Crippen LogP contribution in [-0.4, -0.2) is 18.8 Å². The van der Waals surface area contributed by atoms with Gasteiger partial charge in [-0.05, 0) is 57.5 Å². The van der Waals surface area contributed by atoms with Crippen LogP contribution in [0.1, 0.15) is 45.7 Å². The van der Waals surface area contributed by atoms with E-state index in [2.05, 4.69) is 26.1 Å². The Balaban J connectivity index is 3.11. The maximum atomic E-state index is 6.32. The number of halogens is 2. The first-order chi connectivity index (χ1) is 8.92. The molecule has 1 rings (SSSR count). The molecule has 0 amide bonds. The molecule has 0 heterocycles. The highest BCUT2D eigenvalue weighted by molar-refractivity contribution is 6.33. The average Bonchev–Trinajstić information content (AvgIpc) is 2.33. The van der Waals surface area contributed by atoms with Crippen LogP contribution in [0.25, 0.3) is 0 Å². The molecule has 108 valence electrons. The van der Waals surface area contributed by atoms with Crippen molar-refractivity contribution < 1.29 is 4.74 Å². The van der Waals surface area contributed by atoms with Gasteiger partial charge < -0.3 is 10.1 Å². The summed E-state index contributed by atoms with van der Waals surface area (Å²) in [7, 11) is 0. The third kappa shape index (κ3) is 4.64. The molecular formula is C15H23Cl2NO. The lowest BCUT2D eigenvalue weighted by atomic mass is 9.91. The molecule has 0 aliphatic heterocycles. The zero-order chi connectivity index (χ0) is 14.5. The van der Waals surface area contributed by atoms with Gasteiger partial charge in [0.25, 0.3) is 0 Å². The van der Waals surface area contributed by atoms with Crippen molar-refractivity contribution in [3.63, 3.8) is 0 Å². The largest absolute Gasteiger partial charge is 0.374 e. The van der Waals surface area contributed by atoms with E-state index in [-0.39, 0.29) is 11.6 Å². The molecule has 0 spiro atoms. The van der Waals surface area contributed by atoms with Crippen molar-refractivity contribution in [3.05, 3.63) is 33.8 Å². The number of nitrogens with one attached hydrogen (secondary N) is 1. The molecule has 0 saturated carbocycles. The van der Waals surface area contributed by atoms with Crippen molar-refractivity contribution in [1.82, 2.24) is 5.32 Å².